The number of nitrogens with one attached hydrogen (secondary N) is 1. The second-order valence-corrected chi connectivity index (χ2v) is 5.30. The molecule has 0 aromatic rings. The fourth-order valence-corrected chi connectivity index (χ4v) is 2.24. The SMILES string of the molecule is C=C/C=C1\C(=C)C(=O)C(=N)C=C1S(C)(=O)=O. The lowest BCUT2D eigenvalue weighted by Gasteiger charge is -2.17. The molecule has 0 amide bonds. The molecule has 0 radical (unpaired) electrons. The van der Waals surface area contributed by atoms with Crippen molar-refractivity contribution in [3.05, 3.63) is 47.4 Å². The van der Waals surface area contributed by atoms with Crippen LogP contribution in [0.5, 0.6) is 0 Å². The summed E-state index contributed by atoms with van der Waals surface area (Å²) < 4.78 is 23.0. The molecule has 1 rings (SSSR count). The summed E-state index contributed by atoms with van der Waals surface area (Å²) in [7, 11) is -3.50. The molecule has 84 valence electrons. The Balaban J connectivity index is 3.56. The monoisotopic (exact) mass is 237 g/mol. The first-order valence-corrected chi connectivity index (χ1v) is 6.25. The van der Waals surface area contributed by atoms with Gasteiger partial charge in [0.15, 0.2) is 9.84 Å². The number of hydrogen-bond donors (Lipinski definition) is 1. The molecule has 0 heterocycles. The van der Waals surface area contributed by atoms with Gasteiger partial charge in [-0.3, -0.25) is 10.2 Å². The minimum atomic E-state index is -3.50. The van der Waals surface area contributed by atoms with Gasteiger partial charge in [0.05, 0.1) is 4.91 Å². The Hall–Kier alpha value is -1.75. The van der Waals surface area contributed by atoms with E-state index in [0.717, 1.165) is 12.3 Å². The molecule has 1 aliphatic rings. The van der Waals surface area contributed by atoms with E-state index in [0.29, 0.717) is 0 Å². The maximum absolute atomic E-state index is 11.5. The Morgan fingerprint density at radius 1 is 1.44 bits per heavy atom. The summed E-state index contributed by atoms with van der Waals surface area (Å²) >= 11 is 0. The van der Waals surface area contributed by atoms with Gasteiger partial charge in [-0.2, -0.15) is 0 Å². The molecule has 1 aliphatic carbocycles. The molecule has 0 aromatic heterocycles. The molecular formula is C11H11NO3S. The molecule has 4 nitrogen and oxygen atoms in total. The highest BCUT2D eigenvalue weighted by Gasteiger charge is 2.29. The molecule has 0 fully saturated rings. The van der Waals surface area contributed by atoms with Gasteiger partial charge in [-0.1, -0.05) is 25.3 Å². The Bertz CT molecular complexity index is 562. The van der Waals surface area contributed by atoms with Crippen LogP contribution in [0.15, 0.2) is 47.4 Å². The van der Waals surface area contributed by atoms with Gasteiger partial charge in [-0.05, 0) is 6.08 Å². The van der Waals surface area contributed by atoms with Crippen molar-refractivity contribution in [1.82, 2.24) is 0 Å². The second-order valence-electron chi connectivity index (χ2n) is 3.32. The fourth-order valence-electron chi connectivity index (χ4n) is 1.32. The molecule has 0 bridgehead atoms. The van der Waals surface area contributed by atoms with E-state index < -0.39 is 15.6 Å². The zero-order valence-corrected chi connectivity index (χ0v) is 9.60. The number of rotatable bonds is 2. The first-order chi connectivity index (χ1) is 7.29. The largest absolute Gasteiger partial charge is 0.297 e. The van der Waals surface area contributed by atoms with Gasteiger partial charge >= 0.3 is 0 Å². The second kappa shape index (κ2) is 4.02. The quantitative estimate of drug-likeness (QED) is 0.733. The third-order valence-electron chi connectivity index (χ3n) is 2.07. The molecule has 0 aliphatic heterocycles. The Morgan fingerprint density at radius 3 is 2.44 bits per heavy atom. The number of sulfone groups is 1. The zero-order valence-electron chi connectivity index (χ0n) is 8.78. The third-order valence-corrected chi connectivity index (χ3v) is 3.21. The first-order valence-electron chi connectivity index (χ1n) is 4.36. The summed E-state index contributed by atoms with van der Waals surface area (Å²) in [6.07, 6.45) is 4.84. The number of carbonyl (C=O) groups excluding carboxylic acids is 1. The normalized spacial score (nSPS) is 19.9. The van der Waals surface area contributed by atoms with Crippen LogP contribution < -0.4 is 0 Å². The van der Waals surface area contributed by atoms with Crippen LogP contribution >= 0.6 is 0 Å². The average molecular weight is 237 g/mol. The highest BCUT2D eigenvalue weighted by molar-refractivity contribution is 7.94. The molecule has 0 unspecified atom stereocenters. The van der Waals surface area contributed by atoms with E-state index in [-0.39, 0.29) is 21.8 Å². The third kappa shape index (κ3) is 2.09. The van der Waals surface area contributed by atoms with Crippen LogP contribution in [0, 0.1) is 5.41 Å². The number of ketones is 1. The van der Waals surface area contributed by atoms with Gasteiger partial charge in [0.25, 0.3) is 0 Å². The maximum Gasteiger partial charge on any atom is 0.210 e. The fraction of sp³-hybridized carbons (Fsp3) is 0.0909. The summed E-state index contributed by atoms with van der Waals surface area (Å²) in [4.78, 5) is 11.4. The van der Waals surface area contributed by atoms with Crippen LogP contribution in [-0.4, -0.2) is 26.2 Å². The van der Waals surface area contributed by atoms with Crippen LogP contribution in [0.2, 0.25) is 0 Å². The first kappa shape index (κ1) is 12.3. The molecule has 1 N–H and O–H groups in total. The van der Waals surface area contributed by atoms with Crippen LogP contribution in [0.3, 0.4) is 0 Å². The highest BCUT2D eigenvalue weighted by Crippen LogP contribution is 2.28. The molecule has 16 heavy (non-hydrogen) atoms. The molecule has 0 saturated heterocycles. The van der Waals surface area contributed by atoms with Gasteiger partial charge in [0.1, 0.15) is 5.71 Å². The van der Waals surface area contributed by atoms with Crippen molar-refractivity contribution in [2.75, 3.05) is 6.26 Å². The van der Waals surface area contributed by atoms with E-state index in [1.807, 2.05) is 0 Å². The van der Waals surface area contributed by atoms with E-state index in [1.54, 1.807) is 0 Å². The number of allylic oxidation sites excluding steroid dienone is 5. The molecular weight excluding hydrogens is 226 g/mol. The summed E-state index contributed by atoms with van der Waals surface area (Å²) in [6.45, 7) is 6.94. The topological polar surface area (TPSA) is 75.1 Å². The van der Waals surface area contributed by atoms with Gasteiger partial charge in [0.2, 0.25) is 5.78 Å². The molecule has 0 aromatic carbocycles. The minimum absolute atomic E-state index is 0.00725. The lowest BCUT2D eigenvalue weighted by molar-refractivity contribution is -0.109. The van der Waals surface area contributed by atoms with Gasteiger partial charge in [0, 0.05) is 17.4 Å². The van der Waals surface area contributed by atoms with Crippen LogP contribution in [-0.2, 0) is 14.6 Å². The Morgan fingerprint density at radius 2 is 2.00 bits per heavy atom. The van der Waals surface area contributed by atoms with E-state index in [4.69, 9.17) is 5.41 Å². The predicted molar refractivity (Wildman–Crippen MR) is 63.1 cm³/mol. The lowest BCUT2D eigenvalue weighted by Crippen LogP contribution is -2.23. The number of carbonyl (C=O) groups is 1. The molecule has 0 atom stereocenters. The van der Waals surface area contributed by atoms with Gasteiger partial charge < -0.3 is 0 Å². The van der Waals surface area contributed by atoms with Gasteiger partial charge in [-0.15, -0.1) is 0 Å². The molecule has 0 spiro atoms. The minimum Gasteiger partial charge on any atom is -0.297 e. The van der Waals surface area contributed by atoms with Crippen molar-refractivity contribution in [3.63, 3.8) is 0 Å². The van der Waals surface area contributed by atoms with Crippen molar-refractivity contribution < 1.29 is 13.2 Å². The zero-order chi connectivity index (χ0) is 12.5. The van der Waals surface area contributed by atoms with Crippen LogP contribution in [0.1, 0.15) is 0 Å². The van der Waals surface area contributed by atoms with Gasteiger partial charge in [-0.25, -0.2) is 8.42 Å². The number of Topliss-reactive ketones (excluding diaryl/α,β-unsaturated/α-hetero) is 1. The lowest BCUT2D eigenvalue weighted by atomic mass is 9.93. The standard InChI is InChI=1S/C11H11NO3S/c1-4-5-8-7(2)11(13)9(12)6-10(8)16(3,14)15/h4-6,12H,1-2H2,3H3/b8-5+,12-9?. The predicted octanol–water partition coefficient (Wildman–Crippen LogP) is 1.19. The summed E-state index contributed by atoms with van der Waals surface area (Å²) in [5, 5.41) is 7.35. The average Bonchev–Trinajstić information content (AvgIpc) is 2.17. The summed E-state index contributed by atoms with van der Waals surface area (Å²) in [5.74, 6) is -0.569. The summed E-state index contributed by atoms with van der Waals surface area (Å²) in [5.41, 5.74) is -0.155. The van der Waals surface area contributed by atoms with E-state index in [2.05, 4.69) is 13.2 Å². The van der Waals surface area contributed by atoms with Crippen molar-refractivity contribution >= 4 is 21.3 Å². The highest BCUT2D eigenvalue weighted by atomic mass is 32.2. The molecule has 0 saturated carbocycles. The smallest absolute Gasteiger partial charge is 0.210 e. The van der Waals surface area contributed by atoms with Crippen LogP contribution in [0.25, 0.3) is 0 Å². The maximum atomic E-state index is 11.5. The van der Waals surface area contributed by atoms with E-state index in [9.17, 15) is 13.2 Å². The van der Waals surface area contributed by atoms with Crippen LogP contribution in [0.4, 0.5) is 0 Å². The van der Waals surface area contributed by atoms with E-state index >= 15 is 0 Å². The number of hydrogen-bond acceptors (Lipinski definition) is 4. The Kier molecular flexibility index (Phi) is 3.09. The van der Waals surface area contributed by atoms with E-state index in [1.165, 1.54) is 12.2 Å². The van der Waals surface area contributed by atoms with Crippen molar-refractivity contribution in [1.29, 1.82) is 5.41 Å². The summed E-state index contributed by atoms with van der Waals surface area (Å²) in [6, 6.07) is 0. The van der Waals surface area contributed by atoms with Crippen molar-refractivity contribution in [2.45, 2.75) is 0 Å². The Labute approximate surface area is 94.1 Å². The van der Waals surface area contributed by atoms with Crippen molar-refractivity contribution in [3.8, 4) is 0 Å². The molecule has 5 heteroatoms. The van der Waals surface area contributed by atoms with Crippen molar-refractivity contribution in [2.24, 2.45) is 0 Å².